The summed E-state index contributed by atoms with van der Waals surface area (Å²) in [6.45, 7) is 8.58. The molecule has 8 nitrogen and oxygen atoms in total. The van der Waals surface area contributed by atoms with E-state index in [0.29, 0.717) is 17.4 Å². The molecule has 0 saturated carbocycles. The Labute approximate surface area is 218 Å². The van der Waals surface area contributed by atoms with E-state index in [0.717, 1.165) is 87.4 Å². The van der Waals surface area contributed by atoms with E-state index >= 15 is 0 Å². The highest BCUT2D eigenvalue weighted by molar-refractivity contribution is 5.75. The van der Waals surface area contributed by atoms with Gasteiger partial charge in [-0.05, 0) is 46.9 Å². The van der Waals surface area contributed by atoms with Crippen LogP contribution in [-0.4, -0.2) is 60.5 Å². The van der Waals surface area contributed by atoms with Crippen LogP contribution in [0.2, 0.25) is 0 Å². The number of hydrogen-bond acceptors (Lipinski definition) is 8. The van der Waals surface area contributed by atoms with Crippen LogP contribution >= 0.6 is 0 Å². The van der Waals surface area contributed by atoms with Gasteiger partial charge in [-0.3, -0.25) is 4.90 Å². The highest BCUT2D eigenvalue weighted by Gasteiger charge is 2.48. The van der Waals surface area contributed by atoms with Crippen molar-refractivity contribution in [1.29, 1.82) is 5.26 Å². The van der Waals surface area contributed by atoms with E-state index < -0.39 is 0 Å². The van der Waals surface area contributed by atoms with Crippen LogP contribution in [0.5, 0.6) is 0 Å². The normalized spacial score (nSPS) is 23.6. The van der Waals surface area contributed by atoms with E-state index in [2.05, 4.69) is 39.2 Å². The summed E-state index contributed by atoms with van der Waals surface area (Å²) in [4.78, 5) is 11.6. The van der Waals surface area contributed by atoms with Crippen LogP contribution in [0.15, 0.2) is 54.1 Å². The number of likely N-dealkylation sites (tertiary alicyclic amines) is 1. The van der Waals surface area contributed by atoms with Crippen LogP contribution in [0.1, 0.15) is 37.3 Å². The zero-order chi connectivity index (χ0) is 25.2. The molecule has 37 heavy (non-hydrogen) atoms. The molecule has 1 N–H and O–H groups in total. The summed E-state index contributed by atoms with van der Waals surface area (Å²) in [6, 6.07) is 10.5. The zero-order valence-electron chi connectivity index (χ0n) is 21.3. The van der Waals surface area contributed by atoms with Gasteiger partial charge in [0.05, 0.1) is 32.0 Å². The molecule has 6 rings (SSSR count). The second kappa shape index (κ2) is 10.3. The molecule has 1 spiro atoms. The maximum atomic E-state index is 9.83. The van der Waals surface area contributed by atoms with E-state index in [9.17, 15) is 5.26 Å². The van der Waals surface area contributed by atoms with Gasteiger partial charge in [-0.15, -0.1) is 0 Å². The maximum absolute atomic E-state index is 9.83. The lowest BCUT2D eigenvalue weighted by molar-refractivity contribution is -0.191. The molecule has 192 valence electrons. The Morgan fingerprint density at radius 1 is 1.14 bits per heavy atom. The number of rotatable bonds is 7. The number of pyridine rings is 2. The molecule has 1 atom stereocenters. The highest BCUT2D eigenvalue weighted by atomic mass is 16.5. The van der Waals surface area contributed by atoms with Crippen LogP contribution in [0, 0.1) is 22.7 Å². The highest BCUT2D eigenvalue weighted by Crippen LogP contribution is 2.39. The Balaban J connectivity index is 1.12. The molecule has 3 aliphatic heterocycles. The zero-order valence-corrected chi connectivity index (χ0v) is 21.3. The standard InChI is InChI=1S/C29H33N5O3/c1-20-10-26(37-24-5-8-35-9-6-24)23(13-30)11-25(20)22-4-7-31-28(12-22)33-27-3-2-21(14-32-27)15-34-16-29(17-34)18-36-19-29/h2-4,7,11-12,14,20,24H,5-6,8-10,15-19H2,1H3,(H,31,32,33)/t20-/m0/s1. The van der Waals surface area contributed by atoms with Gasteiger partial charge in [0.2, 0.25) is 0 Å². The van der Waals surface area contributed by atoms with Crippen molar-refractivity contribution in [1.82, 2.24) is 14.9 Å². The number of hydrogen-bond donors (Lipinski definition) is 1. The summed E-state index contributed by atoms with van der Waals surface area (Å²) >= 11 is 0. The minimum absolute atomic E-state index is 0.129. The van der Waals surface area contributed by atoms with E-state index in [4.69, 9.17) is 14.2 Å². The second-order valence-corrected chi connectivity index (χ2v) is 10.8. The minimum atomic E-state index is 0.129. The molecule has 0 unspecified atom stereocenters. The van der Waals surface area contributed by atoms with Crippen molar-refractivity contribution in [2.24, 2.45) is 11.3 Å². The van der Waals surface area contributed by atoms with Gasteiger partial charge in [-0.2, -0.15) is 5.26 Å². The smallest absolute Gasteiger partial charge is 0.132 e. The Morgan fingerprint density at radius 3 is 2.68 bits per heavy atom. The summed E-state index contributed by atoms with van der Waals surface area (Å²) in [7, 11) is 0. The topological polar surface area (TPSA) is 92.5 Å². The molecule has 2 aromatic heterocycles. The monoisotopic (exact) mass is 499 g/mol. The lowest BCUT2D eigenvalue weighted by Crippen LogP contribution is -2.65. The largest absolute Gasteiger partial charge is 0.493 e. The molecule has 0 aromatic carbocycles. The number of aromatic nitrogens is 2. The third kappa shape index (κ3) is 5.26. The fraction of sp³-hybridized carbons (Fsp3) is 0.483. The Bertz CT molecular complexity index is 1230. The van der Waals surface area contributed by atoms with Crippen molar-refractivity contribution in [2.75, 3.05) is 44.8 Å². The predicted molar refractivity (Wildman–Crippen MR) is 140 cm³/mol. The van der Waals surface area contributed by atoms with Gasteiger partial charge >= 0.3 is 0 Å². The van der Waals surface area contributed by atoms with Crippen LogP contribution in [-0.2, 0) is 20.8 Å². The maximum Gasteiger partial charge on any atom is 0.132 e. The number of allylic oxidation sites excluding steroid dienone is 4. The third-order valence-corrected chi connectivity index (χ3v) is 7.74. The molecular weight excluding hydrogens is 466 g/mol. The number of nitrogens with one attached hydrogen (secondary N) is 1. The van der Waals surface area contributed by atoms with Crippen molar-refractivity contribution >= 4 is 17.2 Å². The van der Waals surface area contributed by atoms with Crippen molar-refractivity contribution < 1.29 is 14.2 Å². The lowest BCUT2D eigenvalue weighted by Gasteiger charge is -2.55. The number of nitrogens with zero attached hydrogens (tertiary/aromatic N) is 4. The minimum Gasteiger partial charge on any atom is -0.493 e. The molecule has 1 aliphatic carbocycles. The fourth-order valence-electron chi connectivity index (χ4n) is 5.69. The first-order valence-corrected chi connectivity index (χ1v) is 13.2. The quantitative estimate of drug-likeness (QED) is 0.597. The Hall–Kier alpha value is -3.25. The molecule has 8 heteroatoms. The van der Waals surface area contributed by atoms with E-state index in [1.807, 2.05) is 30.5 Å². The second-order valence-electron chi connectivity index (χ2n) is 10.8. The van der Waals surface area contributed by atoms with E-state index in [1.165, 1.54) is 5.56 Å². The summed E-state index contributed by atoms with van der Waals surface area (Å²) < 4.78 is 17.0. The SMILES string of the molecule is C[C@H]1CC(OC2CCOCC2)=C(C#N)C=C1c1ccnc(Nc2ccc(CN3CC4(COC4)C3)cn2)c1. The molecule has 0 amide bonds. The fourth-order valence-corrected chi connectivity index (χ4v) is 5.69. The van der Waals surface area contributed by atoms with Crippen molar-refractivity contribution in [3.63, 3.8) is 0 Å². The summed E-state index contributed by atoms with van der Waals surface area (Å²) in [5.74, 6) is 2.52. The first-order chi connectivity index (χ1) is 18.1. The average molecular weight is 500 g/mol. The van der Waals surface area contributed by atoms with Gasteiger partial charge < -0.3 is 19.5 Å². The summed E-state index contributed by atoms with van der Waals surface area (Å²) in [5.41, 5.74) is 4.42. The molecule has 4 aliphatic rings. The van der Waals surface area contributed by atoms with Gasteiger partial charge in [0, 0.05) is 56.7 Å². The van der Waals surface area contributed by atoms with Gasteiger partial charge in [-0.25, -0.2) is 9.97 Å². The van der Waals surface area contributed by atoms with E-state index in [1.54, 1.807) is 6.20 Å². The molecular formula is C29H33N5O3. The first kappa shape index (κ1) is 24.1. The van der Waals surface area contributed by atoms with Crippen LogP contribution in [0.4, 0.5) is 11.6 Å². The Kier molecular flexibility index (Phi) is 6.68. The molecule has 2 aromatic rings. The first-order valence-electron chi connectivity index (χ1n) is 13.2. The summed E-state index contributed by atoms with van der Waals surface area (Å²) in [6.07, 6.45) is 8.30. The molecule has 5 heterocycles. The molecule has 0 bridgehead atoms. The average Bonchev–Trinajstić information content (AvgIpc) is 2.87. The molecule has 3 saturated heterocycles. The van der Waals surface area contributed by atoms with Crippen molar-refractivity contribution in [2.45, 2.75) is 38.8 Å². The van der Waals surface area contributed by atoms with Gasteiger partial charge in [0.1, 0.15) is 29.6 Å². The number of ether oxygens (including phenoxy) is 3. The van der Waals surface area contributed by atoms with Crippen LogP contribution in [0.3, 0.4) is 0 Å². The lowest BCUT2D eigenvalue weighted by atomic mass is 9.78. The van der Waals surface area contributed by atoms with E-state index in [-0.39, 0.29) is 12.0 Å². The third-order valence-electron chi connectivity index (χ3n) is 7.74. The Morgan fingerprint density at radius 2 is 1.97 bits per heavy atom. The van der Waals surface area contributed by atoms with Crippen LogP contribution < -0.4 is 5.32 Å². The van der Waals surface area contributed by atoms with Crippen LogP contribution in [0.25, 0.3) is 5.57 Å². The van der Waals surface area contributed by atoms with Gasteiger partial charge in [-0.1, -0.05) is 13.0 Å². The van der Waals surface area contributed by atoms with Crippen molar-refractivity contribution in [3.05, 3.63) is 65.2 Å². The van der Waals surface area contributed by atoms with Gasteiger partial charge in [0.15, 0.2) is 0 Å². The predicted octanol–water partition coefficient (Wildman–Crippen LogP) is 4.45. The van der Waals surface area contributed by atoms with Crippen molar-refractivity contribution in [3.8, 4) is 6.07 Å². The number of anilines is 2. The molecule has 0 radical (unpaired) electrons. The summed E-state index contributed by atoms with van der Waals surface area (Å²) in [5, 5.41) is 13.2. The molecule has 3 fully saturated rings. The van der Waals surface area contributed by atoms with Gasteiger partial charge in [0.25, 0.3) is 0 Å². The number of nitriles is 1.